The van der Waals surface area contributed by atoms with Crippen molar-refractivity contribution in [2.75, 3.05) is 26.2 Å². The number of carbonyl (C=O) groups is 3. The maximum atomic E-state index is 12.5. The number of imide groups is 1. The quantitative estimate of drug-likeness (QED) is 0.384. The summed E-state index contributed by atoms with van der Waals surface area (Å²) in [4.78, 5) is 39.4. The highest BCUT2D eigenvalue weighted by Crippen LogP contribution is 2.42. The third-order valence-electron chi connectivity index (χ3n) is 5.84. The van der Waals surface area contributed by atoms with E-state index < -0.39 is 48.8 Å². The van der Waals surface area contributed by atoms with Gasteiger partial charge in [-0.25, -0.2) is 4.79 Å². The molecule has 2 unspecified atom stereocenters. The zero-order valence-corrected chi connectivity index (χ0v) is 15.6. The molecule has 1 spiro atoms. The van der Waals surface area contributed by atoms with Gasteiger partial charge in [-0.3, -0.25) is 14.5 Å². The van der Waals surface area contributed by atoms with E-state index in [1.54, 1.807) is 6.92 Å². The summed E-state index contributed by atoms with van der Waals surface area (Å²) < 4.78 is 10.1. The minimum atomic E-state index is -1.70. The predicted octanol–water partition coefficient (Wildman–Crippen LogP) is -2.22. The van der Waals surface area contributed by atoms with E-state index in [0.717, 1.165) is 0 Å². The number of likely N-dealkylation sites (tertiary alicyclic amines) is 2. The number of ether oxygens (including phenoxy) is 2. The molecule has 5 atom stereocenters. The first-order valence-corrected chi connectivity index (χ1v) is 9.34. The maximum absolute atomic E-state index is 12.5. The summed E-state index contributed by atoms with van der Waals surface area (Å²) in [5.74, 6) is -0.375. The van der Waals surface area contributed by atoms with Crippen molar-refractivity contribution >= 4 is 17.9 Å². The first-order valence-electron chi connectivity index (χ1n) is 9.34. The van der Waals surface area contributed by atoms with Crippen LogP contribution in [0.4, 0.5) is 4.79 Å². The van der Waals surface area contributed by atoms with Gasteiger partial charge in [-0.15, -0.1) is 0 Å². The van der Waals surface area contributed by atoms with Crippen LogP contribution in [0.25, 0.3) is 0 Å². The second-order valence-electron chi connectivity index (χ2n) is 7.50. The Morgan fingerprint density at radius 2 is 1.79 bits per heavy atom. The van der Waals surface area contributed by atoms with E-state index in [1.165, 1.54) is 9.80 Å². The number of piperidine rings is 1. The Balaban J connectivity index is 1.51. The molecule has 0 bridgehead atoms. The van der Waals surface area contributed by atoms with Crippen molar-refractivity contribution in [1.29, 1.82) is 0 Å². The molecule has 11 nitrogen and oxygen atoms in total. The van der Waals surface area contributed by atoms with Gasteiger partial charge in [-0.2, -0.15) is 0 Å². The summed E-state index contributed by atoms with van der Waals surface area (Å²) in [7, 11) is 0. The van der Waals surface area contributed by atoms with Crippen LogP contribution in [0.3, 0.4) is 0 Å². The molecule has 11 heteroatoms. The van der Waals surface area contributed by atoms with Gasteiger partial charge in [0.15, 0.2) is 6.29 Å². The predicted molar refractivity (Wildman–Crippen MR) is 90.5 cm³/mol. The van der Waals surface area contributed by atoms with Crippen LogP contribution in [-0.2, 0) is 19.1 Å². The maximum Gasteiger partial charge on any atom is 0.409 e. The van der Waals surface area contributed by atoms with E-state index in [2.05, 4.69) is 0 Å². The van der Waals surface area contributed by atoms with Crippen LogP contribution in [-0.4, -0.2) is 105 Å². The Labute approximate surface area is 161 Å². The number of aliphatic hydroxyl groups excluding tert-OH is 4. The normalized spacial score (nSPS) is 35.5. The van der Waals surface area contributed by atoms with Gasteiger partial charge in [0, 0.05) is 26.1 Å². The van der Waals surface area contributed by atoms with Crippen molar-refractivity contribution in [1.82, 2.24) is 9.80 Å². The lowest BCUT2D eigenvalue weighted by Gasteiger charge is -2.39. The summed E-state index contributed by atoms with van der Waals surface area (Å²) in [5, 5.41) is 38.5. The highest BCUT2D eigenvalue weighted by molar-refractivity contribution is 6.06. The fourth-order valence-corrected chi connectivity index (χ4v) is 4.00. The Morgan fingerprint density at radius 3 is 2.36 bits per heavy atom. The van der Waals surface area contributed by atoms with Crippen LogP contribution in [0.2, 0.25) is 0 Å². The molecule has 0 saturated carbocycles. The summed E-state index contributed by atoms with van der Waals surface area (Å²) in [5.41, 5.74) is -0.753. The van der Waals surface area contributed by atoms with Crippen molar-refractivity contribution in [2.24, 2.45) is 5.41 Å². The summed E-state index contributed by atoms with van der Waals surface area (Å²) >= 11 is 0. The molecule has 3 aliphatic heterocycles. The highest BCUT2D eigenvalue weighted by atomic mass is 16.7. The van der Waals surface area contributed by atoms with Crippen LogP contribution in [0.1, 0.15) is 26.2 Å². The van der Waals surface area contributed by atoms with Gasteiger partial charge in [0.25, 0.3) is 0 Å². The molecule has 3 saturated heterocycles. The summed E-state index contributed by atoms with van der Waals surface area (Å²) in [6, 6.07) is 0. The number of rotatable bonds is 3. The molecular weight excluding hydrogens is 376 g/mol. The lowest BCUT2D eigenvalue weighted by atomic mass is 9.77. The fraction of sp³-hybridized carbons (Fsp3) is 0.824. The van der Waals surface area contributed by atoms with E-state index in [1.807, 2.05) is 0 Å². The Hall–Kier alpha value is -1.79. The van der Waals surface area contributed by atoms with Crippen LogP contribution >= 0.6 is 0 Å². The smallest absolute Gasteiger partial charge is 0.409 e. The Morgan fingerprint density at radius 1 is 1.14 bits per heavy atom. The van der Waals surface area contributed by atoms with E-state index in [4.69, 9.17) is 9.47 Å². The van der Waals surface area contributed by atoms with Crippen molar-refractivity contribution in [3.63, 3.8) is 0 Å². The monoisotopic (exact) mass is 402 g/mol. The van der Waals surface area contributed by atoms with E-state index >= 15 is 0 Å². The topological polar surface area (TPSA) is 157 Å². The molecule has 0 radical (unpaired) electrons. The first-order chi connectivity index (χ1) is 13.2. The van der Waals surface area contributed by atoms with Crippen LogP contribution in [0, 0.1) is 5.41 Å². The molecule has 3 aliphatic rings. The van der Waals surface area contributed by atoms with Gasteiger partial charge in [-0.1, -0.05) is 0 Å². The first kappa shape index (κ1) is 20.9. The second-order valence-corrected chi connectivity index (χ2v) is 7.50. The standard InChI is InChI=1S/C17H26N2O9/c1-2-19-10(20)7-17(15(19)25)3-5-18(6-4-17)16(26)27-8-9-11(21)12(22)13(23)14(24)28-9/h9,11-14,21-24H,2-8H2,1H3/t9?,11-,12?,13+,14-/m1/s1. The third kappa shape index (κ3) is 3.60. The zero-order chi connectivity index (χ0) is 20.6. The number of amides is 3. The number of nitrogens with zero attached hydrogens (tertiary/aromatic N) is 2. The fourth-order valence-electron chi connectivity index (χ4n) is 4.00. The summed E-state index contributed by atoms with van der Waals surface area (Å²) in [6.45, 7) is 2.14. The second kappa shape index (κ2) is 7.91. The molecule has 0 aliphatic carbocycles. The van der Waals surface area contributed by atoms with E-state index in [9.17, 15) is 34.8 Å². The van der Waals surface area contributed by atoms with Crippen LogP contribution in [0.5, 0.6) is 0 Å². The van der Waals surface area contributed by atoms with Gasteiger partial charge in [0.2, 0.25) is 11.8 Å². The Bertz CT molecular complexity index is 634. The molecule has 3 fully saturated rings. The molecule has 0 aromatic rings. The van der Waals surface area contributed by atoms with Crippen molar-refractivity contribution in [3.05, 3.63) is 0 Å². The van der Waals surface area contributed by atoms with Gasteiger partial charge in [0.05, 0.1) is 5.41 Å². The largest absolute Gasteiger partial charge is 0.447 e. The number of hydrogen-bond donors (Lipinski definition) is 4. The highest BCUT2D eigenvalue weighted by Gasteiger charge is 2.52. The number of carbonyl (C=O) groups excluding carboxylic acids is 3. The van der Waals surface area contributed by atoms with Crippen molar-refractivity contribution in [2.45, 2.75) is 56.9 Å². The zero-order valence-electron chi connectivity index (χ0n) is 15.6. The van der Waals surface area contributed by atoms with Crippen LogP contribution in [0.15, 0.2) is 0 Å². The van der Waals surface area contributed by atoms with Crippen molar-refractivity contribution in [3.8, 4) is 0 Å². The Kier molecular flexibility index (Phi) is 5.92. The van der Waals surface area contributed by atoms with Gasteiger partial charge in [-0.05, 0) is 19.8 Å². The van der Waals surface area contributed by atoms with E-state index in [-0.39, 0.29) is 31.3 Å². The molecule has 0 aromatic carbocycles. The average Bonchev–Trinajstić information content (AvgIpc) is 2.91. The van der Waals surface area contributed by atoms with Gasteiger partial charge >= 0.3 is 6.09 Å². The molecular formula is C17H26N2O9. The summed E-state index contributed by atoms with van der Waals surface area (Å²) in [6.07, 6.45) is -7.54. The molecule has 0 aromatic heterocycles. The SMILES string of the molecule is CCN1C(=O)CC2(CCN(C(=O)OCC3O[C@@H](O)[C@@H](O)C(O)[C@@H]3O)CC2)C1=O. The van der Waals surface area contributed by atoms with Crippen molar-refractivity contribution < 1.29 is 44.3 Å². The minimum Gasteiger partial charge on any atom is -0.447 e. The average molecular weight is 402 g/mol. The third-order valence-corrected chi connectivity index (χ3v) is 5.84. The molecule has 3 amide bonds. The van der Waals surface area contributed by atoms with E-state index in [0.29, 0.717) is 19.4 Å². The molecule has 3 rings (SSSR count). The lowest BCUT2D eigenvalue weighted by Crippen LogP contribution is -2.59. The number of hydrogen-bond acceptors (Lipinski definition) is 9. The lowest BCUT2D eigenvalue weighted by molar-refractivity contribution is -0.286. The molecule has 158 valence electrons. The van der Waals surface area contributed by atoms with Gasteiger partial charge in [0.1, 0.15) is 31.0 Å². The van der Waals surface area contributed by atoms with Crippen LogP contribution < -0.4 is 0 Å². The molecule has 4 N–H and O–H groups in total. The minimum absolute atomic E-state index is 0.156. The van der Waals surface area contributed by atoms with Gasteiger partial charge < -0.3 is 34.8 Å². The number of aliphatic hydroxyl groups is 4. The molecule has 3 heterocycles. The molecule has 28 heavy (non-hydrogen) atoms.